The van der Waals surface area contributed by atoms with Crippen molar-refractivity contribution >= 4 is 23.3 Å². The van der Waals surface area contributed by atoms with Crippen molar-refractivity contribution < 1.29 is 8.78 Å². The third kappa shape index (κ3) is 2.91. The average molecular weight is 299 g/mol. The quantitative estimate of drug-likeness (QED) is 0.822. The largest absolute Gasteiger partial charge is 0.330 e. The van der Waals surface area contributed by atoms with Crippen molar-refractivity contribution in [2.45, 2.75) is 26.8 Å². The number of fused-ring (bicyclic) bond motifs is 1. The highest BCUT2D eigenvalue weighted by Gasteiger charge is 2.14. The third-order valence-electron chi connectivity index (χ3n) is 3.45. The van der Waals surface area contributed by atoms with Crippen molar-refractivity contribution in [3.8, 4) is 0 Å². The van der Waals surface area contributed by atoms with Crippen LogP contribution in [-0.2, 0) is 6.54 Å². The lowest BCUT2D eigenvalue weighted by molar-refractivity contribution is 0.277. The van der Waals surface area contributed by atoms with Gasteiger partial charge in [0.25, 0.3) is 0 Å². The van der Waals surface area contributed by atoms with E-state index in [0.29, 0.717) is 16.8 Å². The van der Waals surface area contributed by atoms with Gasteiger partial charge in [-0.05, 0) is 43.9 Å². The lowest BCUT2D eigenvalue weighted by Crippen LogP contribution is -2.28. The minimum Gasteiger partial charge on any atom is -0.330 e. The van der Waals surface area contributed by atoms with Gasteiger partial charge in [-0.15, -0.1) is 0 Å². The van der Waals surface area contributed by atoms with Crippen molar-refractivity contribution in [3.63, 3.8) is 0 Å². The Morgan fingerprint density at radius 1 is 1.25 bits per heavy atom. The number of hydrogen-bond donors (Lipinski definition) is 1. The van der Waals surface area contributed by atoms with Gasteiger partial charge in [0.15, 0.2) is 16.4 Å². The van der Waals surface area contributed by atoms with Gasteiger partial charge in [-0.3, -0.25) is 0 Å². The van der Waals surface area contributed by atoms with Gasteiger partial charge in [-0.1, -0.05) is 13.8 Å². The Balaban J connectivity index is 2.32. The summed E-state index contributed by atoms with van der Waals surface area (Å²) >= 11 is 5.21. The average Bonchev–Trinajstić information content (AvgIpc) is 2.75. The molecule has 0 saturated heterocycles. The van der Waals surface area contributed by atoms with Crippen LogP contribution in [0.1, 0.15) is 20.3 Å². The van der Waals surface area contributed by atoms with Gasteiger partial charge in [0, 0.05) is 13.1 Å². The van der Waals surface area contributed by atoms with Crippen molar-refractivity contribution in [3.05, 3.63) is 28.5 Å². The van der Waals surface area contributed by atoms with E-state index in [4.69, 9.17) is 12.2 Å². The Morgan fingerprint density at radius 2 is 2.00 bits per heavy atom. The standard InChI is InChI=1S/C14H19F2N3S/c1-3-7-18(4-2)8-9-19-13-11(17-14(19)20)6-5-10(15)12(13)16/h5-6H,3-4,7-9H2,1-2H3,(H,17,20). The van der Waals surface area contributed by atoms with E-state index in [1.54, 1.807) is 4.57 Å². The summed E-state index contributed by atoms with van der Waals surface area (Å²) in [7, 11) is 0. The first-order valence-electron chi connectivity index (χ1n) is 6.87. The lowest BCUT2D eigenvalue weighted by Gasteiger charge is -2.19. The van der Waals surface area contributed by atoms with Gasteiger partial charge in [-0.2, -0.15) is 0 Å². The van der Waals surface area contributed by atoms with Crippen LogP contribution < -0.4 is 0 Å². The van der Waals surface area contributed by atoms with Crippen molar-refractivity contribution in [2.24, 2.45) is 0 Å². The van der Waals surface area contributed by atoms with Crippen LogP contribution in [0.25, 0.3) is 11.0 Å². The first kappa shape index (κ1) is 15.1. The summed E-state index contributed by atoms with van der Waals surface area (Å²) in [4.78, 5) is 5.18. The Kier molecular flexibility index (Phi) is 4.88. The van der Waals surface area contributed by atoms with Gasteiger partial charge in [0.05, 0.1) is 5.52 Å². The molecule has 0 unspecified atom stereocenters. The summed E-state index contributed by atoms with van der Waals surface area (Å²) in [6.07, 6.45) is 1.07. The molecule has 0 fully saturated rings. The number of rotatable bonds is 6. The van der Waals surface area contributed by atoms with Crippen LogP contribution in [0.5, 0.6) is 0 Å². The second-order valence-electron chi connectivity index (χ2n) is 4.77. The van der Waals surface area contributed by atoms with Gasteiger partial charge in [0.2, 0.25) is 0 Å². The van der Waals surface area contributed by atoms with E-state index in [9.17, 15) is 8.78 Å². The minimum atomic E-state index is -0.846. The molecule has 6 heteroatoms. The molecule has 0 amide bonds. The van der Waals surface area contributed by atoms with Crippen molar-refractivity contribution in [1.29, 1.82) is 0 Å². The lowest BCUT2D eigenvalue weighted by atomic mass is 10.3. The molecule has 20 heavy (non-hydrogen) atoms. The molecule has 0 bridgehead atoms. The number of halogens is 2. The van der Waals surface area contributed by atoms with Crippen LogP contribution in [0.2, 0.25) is 0 Å². The van der Waals surface area contributed by atoms with Crippen molar-refractivity contribution in [2.75, 3.05) is 19.6 Å². The Morgan fingerprint density at radius 3 is 2.65 bits per heavy atom. The summed E-state index contributed by atoms with van der Waals surface area (Å²) in [6, 6.07) is 2.63. The summed E-state index contributed by atoms with van der Waals surface area (Å²) in [6.45, 7) is 7.44. The second kappa shape index (κ2) is 6.45. The Bertz CT molecular complexity index is 648. The minimum absolute atomic E-state index is 0.225. The van der Waals surface area contributed by atoms with E-state index < -0.39 is 11.6 Å². The van der Waals surface area contributed by atoms with E-state index in [1.165, 1.54) is 6.07 Å². The highest BCUT2D eigenvalue weighted by atomic mass is 32.1. The molecule has 0 radical (unpaired) electrons. The van der Waals surface area contributed by atoms with E-state index >= 15 is 0 Å². The number of hydrogen-bond acceptors (Lipinski definition) is 2. The molecule has 2 aromatic rings. The molecule has 1 N–H and O–H groups in total. The predicted octanol–water partition coefficient (Wildman–Crippen LogP) is 3.71. The normalized spacial score (nSPS) is 11.7. The molecular formula is C14H19F2N3S. The van der Waals surface area contributed by atoms with Gasteiger partial charge in [0.1, 0.15) is 5.52 Å². The Hall–Kier alpha value is -1.27. The first-order valence-corrected chi connectivity index (χ1v) is 7.28. The number of nitrogens with one attached hydrogen (secondary N) is 1. The molecule has 3 nitrogen and oxygen atoms in total. The van der Waals surface area contributed by atoms with Crippen molar-refractivity contribution in [1.82, 2.24) is 14.5 Å². The highest BCUT2D eigenvalue weighted by Crippen LogP contribution is 2.20. The number of aromatic amines is 1. The fourth-order valence-corrected chi connectivity index (χ4v) is 2.68. The molecule has 0 spiro atoms. The van der Waals surface area contributed by atoms with E-state index in [2.05, 4.69) is 23.7 Å². The zero-order chi connectivity index (χ0) is 14.7. The molecular weight excluding hydrogens is 280 g/mol. The van der Waals surface area contributed by atoms with Crippen LogP contribution >= 0.6 is 12.2 Å². The molecule has 2 rings (SSSR count). The zero-order valence-electron chi connectivity index (χ0n) is 11.7. The fraction of sp³-hybridized carbons (Fsp3) is 0.500. The molecule has 1 heterocycles. The molecule has 0 aliphatic rings. The molecule has 0 saturated carbocycles. The maximum absolute atomic E-state index is 14.0. The summed E-state index contributed by atoms with van der Waals surface area (Å²) in [5, 5.41) is 0. The summed E-state index contributed by atoms with van der Waals surface area (Å²) in [5.74, 6) is -1.69. The van der Waals surface area contributed by atoms with Crippen LogP contribution in [0.15, 0.2) is 12.1 Å². The van der Waals surface area contributed by atoms with E-state index in [-0.39, 0.29) is 5.52 Å². The number of imidazole rings is 1. The molecule has 0 aliphatic heterocycles. The topological polar surface area (TPSA) is 24.0 Å². The highest BCUT2D eigenvalue weighted by molar-refractivity contribution is 7.71. The molecule has 1 aromatic carbocycles. The second-order valence-corrected chi connectivity index (χ2v) is 5.16. The van der Waals surface area contributed by atoms with E-state index in [1.807, 2.05) is 0 Å². The number of H-pyrrole nitrogens is 1. The maximum atomic E-state index is 14.0. The van der Waals surface area contributed by atoms with E-state index in [0.717, 1.165) is 32.1 Å². The number of benzene rings is 1. The summed E-state index contributed by atoms with van der Waals surface area (Å²) < 4.78 is 29.4. The fourth-order valence-electron chi connectivity index (χ4n) is 2.39. The molecule has 0 atom stereocenters. The third-order valence-corrected chi connectivity index (χ3v) is 3.78. The monoisotopic (exact) mass is 299 g/mol. The number of likely N-dealkylation sites (N-methyl/N-ethyl adjacent to an activating group) is 1. The van der Waals surface area contributed by atoms with Crippen LogP contribution in [0.3, 0.4) is 0 Å². The Labute approximate surface area is 122 Å². The smallest absolute Gasteiger partial charge is 0.184 e. The van der Waals surface area contributed by atoms with Gasteiger partial charge < -0.3 is 14.5 Å². The zero-order valence-corrected chi connectivity index (χ0v) is 12.6. The summed E-state index contributed by atoms with van der Waals surface area (Å²) in [5.41, 5.74) is 0.759. The van der Waals surface area contributed by atoms with Crippen LogP contribution in [0, 0.1) is 16.4 Å². The van der Waals surface area contributed by atoms with Gasteiger partial charge in [-0.25, -0.2) is 8.78 Å². The van der Waals surface area contributed by atoms with Gasteiger partial charge >= 0.3 is 0 Å². The van der Waals surface area contributed by atoms with Crippen LogP contribution in [-0.4, -0.2) is 34.1 Å². The number of nitrogens with zero attached hydrogens (tertiary/aromatic N) is 2. The van der Waals surface area contributed by atoms with Crippen LogP contribution in [0.4, 0.5) is 8.78 Å². The maximum Gasteiger partial charge on any atom is 0.184 e. The first-order chi connectivity index (χ1) is 9.58. The SMILES string of the molecule is CCCN(CC)CCn1c(=S)[nH]c2ccc(F)c(F)c21. The number of aromatic nitrogens is 2. The molecule has 0 aliphatic carbocycles. The molecule has 110 valence electrons. The molecule has 1 aromatic heterocycles. The predicted molar refractivity (Wildman–Crippen MR) is 79.4 cm³/mol.